The summed E-state index contributed by atoms with van der Waals surface area (Å²) < 4.78 is 5.34. The van der Waals surface area contributed by atoms with Crippen molar-refractivity contribution in [2.24, 2.45) is 0 Å². The van der Waals surface area contributed by atoms with Crippen LogP contribution in [-0.4, -0.2) is 34.5 Å². The van der Waals surface area contributed by atoms with Crippen LogP contribution in [0, 0.1) is 0 Å². The third-order valence-corrected chi connectivity index (χ3v) is 4.67. The molecule has 1 unspecified atom stereocenters. The van der Waals surface area contributed by atoms with Gasteiger partial charge >= 0.3 is 5.97 Å². The van der Waals surface area contributed by atoms with Gasteiger partial charge in [0, 0.05) is 17.6 Å². The van der Waals surface area contributed by atoms with Crippen LogP contribution in [-0.2, 0) is 16.1 Å². The molecule has 1 aliphatic heterocycles. The predicted molar refractivity (Wildman–Crippen MR) is 80.4 cm³/mol. The number of likely N-dealkylation sites (tertiary alicyclic amines) is 1. The van der Waals surface area contributed by atoms with Crippen LogP contribution in [0.4, 0.5) is 5.13 Å². The number of hydrogen-bond acceptors (Lipinski definition) is 6. The maximum Gasteiger partial charge on any atom is 0.326 e. The Labute approximate surface area is 124 Å². The minimum atomic E-state index is -0.455. The zero-order valence-electron chi connectivity index (χ0n) is 12.2. The Morgan fingerprint density at radius 3 is 3.00 bits per heavy atom. The first-order valence-electron chi connectivity index (χ1n) is 7.25. The number of esters is 1. The molecule has 2 N–H and O–H groups in total. The fourth-order valence-corrected chi connectivity index (χ4v) is 3.74. The van der Waals surface area contributed by atoms with E-state index in [-0.39, 0.29) is 5.97 Å². The summed E-state index contributed by atoms with van der Waals surface area (Å²) in [4.78, 5) is 19.9. The molecule has 1 fully saturated rings. The molecule has 5 nitrogen and oxygen atoms in total. The van der Waals surface area contributed by atoms with Crippen molar-refractivity contribution in [3.05, 3.63) is 11.1 Å². The molecule has 2 rings (SSSR count). The Hall–Kier alpha value is -1.14. The molecule has 1 atom stereocenters. The van der Waals surface area contributed by atoms with E-state index in [4.69, 9.17) is 10.5 Å². The summed E-state index contributed by atoms with van der Waals surface area (Å²) in [7, 11) is 0. The Morgan fingerprint density at radius 1 is 1.60 bits per heavy atom. The van der Waals surface area contributed by atoms with Gasteiger partial charge in [0.25, 0.3) is 0 Å². The van der Waals surface area contributed by atoms with Crippen molar-refractivity contribution in [1.29, 1.82) is 0 Å². The molecule has 1 aromatic rings. The Bertz CT molecular complexity index is 463. The van der Waals surface area contributed by atoms with Crippen LogP contribution in [0.25, 0.3) is 0 Å². The number of carbonyl (C=O) groups excluding carboxylic acids is 1. The van der Waals surface area contributed by atoms with Crippen molar-refractivity contribution in [3.63, 3.8) is 0 Å². The second-order valence-electron chi connectivity index (χ2n) is 5.19. The number of nitrogen functional groups attached to an aromatic ring is 1. The molecule has 0 amide bonds. The molecular formula is C14H23N3O2S. The minimum absolute atomic E-state index is 0.0724. The number of rotatable bonds is 6. The van der Waals surface area contributed by atoms with E-state index in [1.54, 1.807) is 6.20 Å². The smallest absolute Gasteiger partial charge is 0.326 e. The average molecular weight is 297 g/mol. The molecular weight excluding hydrogens is 274 g/mol. The van der Waals surface area contributed by atoms with Gasteiger partial charge < -0.3 is 10.5 Å². The van der Waals surface area contributed by atoms with Crippen LogP contribution in [0.5, 0.6) is 0 Å². The van der Waals surface area contributed by atoms with Crippen molar-refractivity contribution in [2.75, 3.05) is 18.9 Å². The van der Waals surface area contributed by atoms with E-state index in [1.807, 2.05) is 6.92 Å². The monoisotopic (exact) mass is 297 g/mol. The zero-order chi connectivity index (χ0) is 14.6. The SMILES string of the molecule is CCCC1(C(=O)OCC)CCCN1Cc1cnc(N)s1. The maximum atomic E-state index is 12.5. The summed E-state index contributed by atoms with van der Waals surface area (Å²) in [5, 5.41) is 0.580. The zero-order valence-corrected chi connectivity index (χ0v) is 13.0. The topological polar surface area (TPSA) is 68.5 Å². The number of thiazole rings is 1. The quantitative estimate of drug-likeness (QED) is 0.817. The molecule has 0 aliphatic carbocycles. The molecule has 6 heteroatoms. The highest BCUT2D eigenvalue weighted by molar-refractivity contribution is 7.15. The Kier molecular flexibility index (Phi) is 4.99. The number of carbonyl (C=O) groups is 1. The number of anilines is 1. The Balaban J connectivity index is 2.18. The highest BCUT2D eigenvalue weighted by Crippen LogP contribution is 2.36. The first-order chi connectivity index (χ1) is 9.62. The molecule has 0 spiro atoms. The molecule has 0 aromatic carbocycles. The van der Waals surface area contributed by atoms with Gasteiger partial charge in [-0.15, -0.1) is 11.3 Å². The first kappa shape index (κ1) is 15.3. The van der Waals surface area contributed by atoms with Gasteiger partial charge in [-0.2, -0.15) is 0 Å². The molecule has 0 radical (unpaired) electrons. The van der Waals surface area contributed by atoms with E-state index in [0.717, 1.165) is 43.6 Å². The third kappa shape index (κ3) is 2.96. The highest BCUT2D eigenvalue weighted by atomic mass is 32.1. The average Bonchev–Trinajstić information content (AvgIpc) is 2.99. The summed E-state index contributed by atoms with van der Waals surface area (Å²) in [5.74, 6) is -0.0724. The van der Waals surface area contributed by atoms with Crippen molar-refractivity contribution < 1.29 is 9.53 Å². The summed E-state index contributed by atoms with van der Waals surface area (Å²) in [6.45, 7) is 6.07. The van der Waals surface area contributed by atoms with E-state index in [2.05, 4.69) is 16.8 Å². The Morgan fingerprint density at radius 2 is 2.40 bits per heavy atom. The fourth-order valence-electron chi connectivity index (χ4n) is 3.04. The fraction of sp³-hybridized carbons (Fsp3) is 0.714. The molecule has 0 saturated carbocycles. The van der Waals surface area contributed by atoms with Gasteiger partial charge in [-0.1, -0.05) is 13.3 Å². The van der Waals surface area contributed by atoms with Gasteiger partial charge in [0.2, 0.25) is 0 Å². The summed E-state index contributed by atoms with van der Waals surface area (Å²) in [6, 6.07) is 0. The van der Waals surface area contributed by atoms with Crippen LogP contribution in [0.3, 0.4) is 0 Å². The lowest BCUT2D eigenvalue weighted by Gasteiger charge is -2.35. The number of nitrogens with two attached hydrogens (primary N) is 1. The second-order valence-corrected chi connectivity index (χ2v) is 6.34. The van der Waals surface area contributed by atoms with Crippen molar-refractivity contribution in [1.82, 2.24) is 9.88 Å². The van der Waals surface area contributed by atoms with Crippen LogP contribution in [0.15, 0.2) is 6.20 Å². The van der Waals surface area contributed by atoms with E-state index in [1.165, 1.54) is 11.3 Å². The van der Waals surface area contributed by atoms with Crippen LogP contribution >= 0.6 is 11.3 Å². The van der Waals surface area contributed by atoms with Crippen molar-refractivity contribution >= 4 is 22.4 Å². The largest absolute Gasteiger partial charge is 0.465 e. The van der Waals surface area contributed by atoms with E-state index in [9.17, 15) is 4.79 Å². The second kappa shape index (κ2) is 6.54. The van der Waals surface area contributed by atoms with Gasteiger partial charge in [-0.05, 0) is 32.7 Å². The number of hydrogen-bond donors (Lipinski definition) is 1. The van der Waals surface area contributed by atoms with Gasteiger partial charge in [-0.25, -0.2) is 4.98 Å². The van der Waals surface area contributed by atoms with Gasteiger partial charge in [-0.3, -0.25) is 9.69 Å². The maximum absolute atomic E-state index is 12.5. The number of aromatic nitrogens is 1. The molecule has 1 aliphatic rings. The van der Waals surface area contributed by atoms with Crippen LogP contribution in [0.2, 0.25) is 0 Å². The van der Waals surface area contributed by atoms with Crippen molar-refractivity contribution in [3.8, 4) is 0 Å². The lowest BCUT2D eigenvalue weighted by atomic mass is 9.90. The molecule has 1 aromatic heterocycles. The summed E-state index contributed by atoms with van der Waals surface area (Å²) >= 11 is 1.49. The van der Waals surface area contributed by atoms with Crippen LogP contribution in [0.1, 0.15) is 44.4 Å². The van der Waals surface area contributed by atoms with E-state index in [0.29, 0.717) is 11.7 Å². The molecule has 0 bridgehead atoms. The summed E-state index contributed by atoms with van der Waals surface area (Å²) in [5.41, 5.74) is 5.23. The molecule has 1 saturated heterocycles. The molecule has 20 heavy (non-hydrogen) atoms. The number of ether oxygens (including phenoxy) is 1. The van der Waals surface area contributed by atoms with E-state index >= 15 is 0 Å². The molecule has 2 heterocycles. The predicted octanol–water partition coefficient (Wildman–Crippen LogP) is 2.42. The first-order valence-corrected chi connectivity index (χ1v) is 8.06. The van der Waals surface area contributed by atoms with Crippen molar-refractivity contribution in [2.45, 2.75) is 51.6 Å². The van der Waals surface area contributed by atoms with E-state index < -0.39 is 5.54 Å². The van der Waals surface area contributed by atoms with Gasteiger partial charge in [0.1, 0.15) is 5.54 Å². The minimum Gasteiger partial charge on any atom is -0.465 e. The van der Waals surface area contributed by atoms with Gasteiger partial charge in [0.05, 0.1) is 6.61 Å². The van der Waals surface area contributed by atoms with Crippen LogP contribution < -0.4 is 5.73 Å². The lowest BCUT2D eigenvalue weighted by molar-refractivity contribution is -0.157. The van der Waals surface area contributed by atoms with Gasteiger partial charge in [0.15, 0.2) is 5.13 Å². The summed E-state index contributed by atoms with van der Waals surface area (Å²) in [6.07, 6.45) is 5.54. The highest BCUT2D eigenvalue weighted by Gasteiger charge is 2.47. The normalized spacial score (nSPS) is 23.1. The third-order valence-electron chi connectivity index (χ3n) is 3.86. The standard InChI is InChI=1S/C14H23N3O2S/c1-3-6-14(12(18)19-4-2)7-5-8-17(14)10-11-9-16-13(15)20-11/h9H,3-8,10H2,1-2H3,(H2,15,16). The molecule has 112 valence electrons. The lowest BCUT2D eigenvalue weighted by Crippen LogP contribution is -2.50. The number of nitrogens with zero attached hydrogens (tertiary/aromatic N) is 2.